The molecule has 3 nitrogen and oxygen atoms in total. The summed E-state index contributed by atoms with van der Waals surface area (Å²) in [6.07, 6.45) is 0. The SMILES string of the molecule is Cc1ccc(CSc2nnc(C)n2-c2ccccc2C)cc1. The lowest BCUT2D eigenvalue weighted by atomic mass is 10.2. The Morgan fingerprint density at radius 1 is 0.909 bits per heavy atom. The van der Waals surface area contributed by atoms with Crippen molar-refractivity contribution in [2.75, 3.05) is 0 Å². The summed E-state index contributed by atoms with van der Waals surface area (Å²) in [6.45, 7) is 6.22. The fourth-order valence-electron chi connectivity index (χ4n) is 2.36. The summed E-state index contributed by atoms with van der Waals surface area (Å²) in [6, 6.07) is 17.0. The maximum Gasteiger partial charge on any atom is 0.196 e. The van der Waals surface area contributed by atoms with Crippen molar-refractivity contribution in [1.29, 1.82) is 0 Å². The maximum absolute atomic E-state index is 4.34. The molecule has 0 spiro atoms. The first-order valence-electron chi connectivity index (χ1n) is 7.31. The summed E-state index contributed by atoms with van der Waals surface area (Å²) in [4.78, 5) is 0. The number of aryl methyl sites for hydroxylation is 3. The summed E-state index contributed by atoms with van der Waals surface area (Å²) >= 11 is 1.72. The standard InChI is InChI=1S/C18H19N3S/c1-13-8-10-16(11-9-13)12-22-18-20-19-15(3)21(18)17-7-5-4-6-14(17)2/h4-11H,12H2,1-3H3. The van der Waals surface area contributed by atoms with Crippen LogP contribution < -0.4 is 0 Å². The lowest BCUT2D eigenvalue weighted by Crippen LogP contribution is -2.01. The molecule has 2 aromatic carbocycles. The topological polar surface area (TPSA) is 30.7 Å². The van der Waals surface area contributed by atoms with Crippen molar-refractivity contribution in [3.63, 3.8) is 0 Å². The van der Waals surface area contributed by atoms with E-state index in [0.29, 0.717) is 0 Å². The summed E-state index contributed by atoms with van der Waals surface area (Å²) in [5.74, 6) is 1.81. The molecule has 0 radical (unpaired) electrons. The Balaban J connectivity index is 1.86. The van der Waals surface area contributed by atoms with Crippen LogP contribution in [0.15, 0.2) is 53.7 Å². The molecule has 4 heteroatoms. The molecule has 0 saturated carbocycles. The molecule has 0 unspecified atom stereocenters. The predicted molar refractivity (Wildman–Crippen MR) is 91.6 cm³/mol. The van der Waals surface area contributed by atoms with Crippen LogP contribution in [0.2, 0.25) is 0 Å². The van der Waals surface area contributed by atoms with Gasteiger partial charge in [-0.2, -0.15) is 0 Å². The number of hydrogen-bond acceptors (Lipinski definition) is 3. The Hall–Kier alpha value is -2.07. The zero-order valence-corrected chi connectivity index (χ0v) is 13.9. The van der Waals surface area contributed by atoms with Gasteiger partial charge in [0.1, 0.15) is 5.82 Å². The van der Waals surface area contributed by atoms with Crippen molar-refractivity contribution in [3.05, 3.63) is 71.0 Å². The van der Waals surface area contributed by atoms with Crippen molar-refractivity contribution in [2.45, 2.75) is 31.7 Å². The van der Waals surface area contributed by atoms with Gasteiger partial charge in [0.05, 0.1) is 5.69 Å². The molecule has 1 heterocycles. The third kappa shape index (κ3) is 3.07. The van der Waals surface area contributed by atoms with Crippen LogP contribution in [-0.4, -0.2) is 14.8 Å². The van der Waals surface area contributed by atoms with Crippen molar-refractivity contribution in [2.24, 2.45) is 0 Å². The number of benzene rings is 2. The second-order valence-corrected chi connectivity index (χ2v) is 6.37. The van der Waals surface area contributed by atoms with Gasteiger partial charge < -0.3 is 0 Å². The van der Waals surface area contributed by atoms with Crippen molar-refractivity contribution < 1.29 is 0 Å². The molecule has 1 aromatic heterocycles. The maximum atomic E-state index is 4.34. The smallest absolute Gasteiger partial charge is 0.196 e. The molecular weight excluding hydrogens is 290 g/mol. The summed E-state index contributed by atoms with van der Waals surface area (Å²) in [5, 5.41) is 9.53. The molecule has 22 heavy (non-hydrogen) atoms. The van der Waals surface area contributed by atoms with Crippen LogP contribution in [-0.2, 0) is 5.75 Å². The van der Waals surface area contributed by atoms with E-state index in [1.165, 1.54) is 16.7 Å². The quantitative estimate of drug-likeness (QED) is 0.666. The van der Waals surface area contributed by atoms with Gasteiger partial charge in [0.25, 0.3) is 0 Å². The summed E-state index contributed by atoms with van der Waals surface area (Å²) in [5.41, 5.74) is 4.96. The molecule has 0 aliphatic heterocycles. The monoisotopic (exact) mass is 309 g/mol. The molecule has 112 valence electrons. The van der Waals surface area contributed by atoms with Crippen LogP contribution in [0.4, 0.5) is 0 Å². The minimum atomic E-state index is 0.893. The van der Waals surface area contributed by atoms with E-state index in [1.54, 1.807) is 11.8 Å². The van der Waals surface area contributed by atoms with E-state index >= 15 is 0 Å². The first-order valence-corrected chi connectivity index (χ1v) is 8.30. The second kappa shape index (κ2) is 6.36. The van der Waals surface area contributed by atoms with Crippen LogP contribution in [0.3, 0.4) is 0 Å². The molecule has 0 aliphatic rings. The van der Waals surface area contributed by atoms with Gasteiger partial charge in [-0.15, -0.1) is 10.2 Å². The normalized spacial score (nSPS) is 10.9. The van der Waals surface area contributed by atoms with Gasteiger partial charge in [0.15, 0.2) is 5.16 Å². The van der Waals surface area contributed by atoms with Gasteiger partial charge in [-0.1, -0.05) is 59.8 Å². The third-order valence-electron chi connectivity index (χ3n) is 3.64. The molecule has 0 amide bonds. The molecule has 0 bridgehead atoms. The summed E-state index contributed by atoms with van der Waals surface area (Å²) < 4.78 is 2.13. The van der Waals surface area contributed by atoms with E-state index in [2.05, 4.69) is 77.1 Å². The number of para-hydroxylation sites is 1. The molecule has 3 aromatic rings. The number of rotatable bonds is 4. The zero-order chi connectivity index (χ0) is 15.5. The van der Waals surface area contributed by atoms with Gasteiger partial charge in [0.2, 0.25) is 0 Å². The van der Waals surface area contributed by atoms with E-state index in [4.69, 9.17) is 0 Å². The fraction of sp³-hybridized carbons (Fsp3) is 0.222. The van der Waals surface area contributed by atoms with Gasteiger partial charge in [-0.05, 0) is 38.0 Å². The van der Waals surface area contributed by atoms with Gasteiger partial charge in [-0.3, -0.25) is 4.57 Å². The number of hydrogen-bond donors (Lipinski definition) is 0. The molecule has 0 N–H and O–H groups in total. The highest BCUT2D eigenvalue weighted by molar-refractivity contribution is 7.98. The van der Waals surface area contributed by atoms with Crippen molar-refractivity contribution in [3.8, 4) is 5.69 Å². The number of aromatic nitrogens is 3. The van der Waals surface area contributed by atoms with Crippen molar-refractivity contribution in [1.82, 2.24) is 14.8 Å². The third-order valence-corrected chi connectivity index (χ3v) is 4.64. The Morgan fingerprint density at radius 3 is 2.36 bits per heavy atom. The average molecular weight is 309 g/mol. The zero-order valence-electron chi connectivity index (χ0n) is 13.1. The number of nitrogens with zero attached hydrogens (tertiary/aromatic N) is 3. The second-order valence-electron chi connectivity index (χ2n) is 5.43. The van der Waals surface area contributed by atoms with E-state index in [-0.39, 0.29) is 0 Å². The largest absolute Gasteiger partial charge is 0.274 e. The highest BCUT2D eigenvalue weighted by Crippen LogP contribution is 2.26. The molecule has 0 aliphatic carbocycles. The molecule has 0 fully saturated rings. The fourth-order valence-corrected chi connectivity index (χ4v) is 3.31. The lowest BCUT2D eigenvalue weighted by Gasteiger charge is -2.11. The summed E-state index contributed by atoms with van der Waals surface area (Å²) in [7, 11) is 0. The van der Waals surface area contributed by atoms with Crippen LogP contribution in [0.5, 0.6) is 0 Å². The Morgan fingerprint density at radius 2 is 1.64 bits per heavy atom. The van der Waals surface area contributed by atoms with Gasteiger partial charge >= 0.3 is 0 Å². The Bertz CT molecular complexity index is 775. The predicted octanol–water partition coefficient (Wildman–Crippen LogP) is 4.48. The molecule has 0 atom stereocenters. The van der Waals surface area contributed by atoms with Gasteiger partial charge in [0, 0.05) is 5.75 Å². The minimum absolute atomic E-state index is 0.893. The van der Waals surface area contributed by atoms with Crippen LogP contribution in [0, 0.1) is 20.8 Å². The first-order chi connectivity index (χ1) is 10.6. The minimum Gasteiger partial charge on any atom is -0.274 e. The van der Waals surface area contributed by atoms with E-state index in [0.717, 1.165) is 22.4 Å². The van der Waals surface area contributed by atoms with E-state index < -0.39 is 0 Å². The highest BCUT2D eigenvalue weighted by atomic mass is 32.2. The molecule has 3 rings (SSSR count). The lowest BCUT2D eigenvalue weighted by molar-refractivity contribution is 0.862. The van der Waals surface area contributed by atoms with Crippen LogP contribution >= 0.6 is 11.8 Å². The van der Waals surface area contributed by atoms with Crippen LogP contribution in [0.25, 0.3) is 5.69 Å². The van der Waals surface area contributed by atoms with Crippen LogP contribution in [0.1, 0.15) is 22.5 Å². The Labute approximate surface area is 135 Å². The first kappa shape index (κ1) is 14.9. The molecule has 0 saturated heterocycles. The molecular formula is C18H19N3S. The average Bonchev–Trinajstić information content (AvgIpc) is 2.88. The van der Waals surface area contributed by atoms with Crippen molar-refractivity contribution >= 4 is 11.8 Å². The number of thioether (sulfide) groups is 1. The van der Waals surface area contributed by atoms with E-state index in [1.807, 2.05) is 6.92 Å². The highest BCUT2D eigenvalue weighted by Gasteiger charge is 2.12. The van der Waals surface area contributed by atoms with E-state index in [9.17, 15) is 0 Å². The Kier molecular flexibility index (Phi) is 4.29. The van der Waals surface area contributed by atoms with Gasteiger partial charge in [-0.25, -0.2) is 0 Å².